The second-order valence-electron chi connectivity index (χ2n) is 5.10. The number of amides is 1. The van der Waals surface area contributed by atoms with Crippen LogP contribution < -0.4 is 15.8 Å². The molecule has 0 saturated carbocycles. The monoisotopic (exact) mass is 272 g/mol. The Hall–Kier alpha value is -2.07. The smallest absolute Gasteiger partial charge is 0.238 e. The fourth-order valence-electron chi connectivity index (χ4n) is 2.05. The number of nitrogens with one attached hydrogen (secondary N) is 1. The molecule has 4 heteroatoms. The van der Waals surface area contributed by atoms with Crippen molar-refractivity contribution in [1.82, 2.24) is 5.32 Å². The van der Waals surface area contributed by atoms with Crippen molar-refractivity contribution in [3.63, 3.8) is 0 Å². The van der Waals surface area contributed by atoms with E-state index in [9.17, 15) is 4.79 Å². The first-order valence-electron chi connectivity index (χ1n) is 6.73. The molecule has 0 aliphatic heterocycles. The van der Waals surface area contributed by atoms with Gasteiger partial charge in [0.1, 0.15) is 18.4 Å². The van der Waals surface area contributed by atoms with Crippen molar-refractivity contribution in [2.75, 3.05) is 6.61 Å². The van der Waals surface area contributed by atoms with E-state index in [1.807, 2.05) is 56.3 Å². The molecule has 0 aromatic heterocycles. The average molecular weight is 272 g/mol. The van der Waals surface area contributed by atoms with Crippen LogP contribution in [0.2, 0.25) is 0 Å². The summed E-state index contributed by atoms with van der Waals surface area (Å²) in [6.45, 7) is 4.16. The highest BCUT2D eigenvalue weighted by atomic mass is 16.5. The molecular weight excluding hydrogens is 252 g/mol. The van der Waals surface area contributed by atoms with Crippen molar-refractivity contribution < 1.29 is 9.53 Å². The normalized spacial score (nSPS) is 12.6. The third-order valence-electron chi connectivity index (χ3n) is 3.02. The van der Waals surface area contributed by atoms with Crippen LogP contribution >= 0.6 is 0 Å². The van der Waals surface area contributed by atoms with E-state index in [-0.39, 0.29) is 12.6 Å². The molecule has 2 rings (SSSR count). The maximum Gasteiger partial charge on any atom is 0.238 e. The van der Waals surface area contributed by atoms with Gasteiger partial charge in [0.05, 0.1) is 0 Å². The Kier molecular flexibility index (Phi) is 4.58. The highest BCUT2D eigenvalue weighted by Crippen LogP contribution is 2.20. The Labute approximate surface area is 118 Å². The van der Waals surface area contributed by atoms with E-state index in [0.717, 1.165) is 16.5 Å². The minimum absolute atomic E-state index is 0.174. The zero-order valence-corrected chi connectivity index (χ0v) is 11.8. The Balaban J connectivity index is 2.05. The van der Waals surface area contributed by atoms with Crippen molar-refractivity contribution in [3.8, 4) is 5.75 Å². The molecule has 106 valence electrons. The van der Waals surface area contributed by atoms with Gasteiger partial charge >= 0.3 is 0 Å². The van der Waals surface area contributed by atoms with Crippen molar-refractivity contribution in [3.05, 3.63) is 42.5 Å². The molecule has 2 aromatic rings. The molecule has 1 atom stereocenters. The number of primary amides is 1. The lowest BCUT2D eigenvalue weighted by molar-refractivity contribution is -0.120. The lowest BCUT2D eigenvalue weighted by atomic mass is 10.1. The summed E-state index contributed by atoms with van der Waals surface area (Å²) in [5, 5.41) is 5.35. The molecule has 0 fully saturated rings. The third-order valence-corrected chi connectivity index (χ3v) is 3.02. The van der Waals surface area contributed by atoms with Crippen molar-refractivity contribution in [2.24, 2.45) is 5.73 Å². The Morgan fingerprint density at radius 3 is 2.55 bits per heavy atom. The number of hydrogen-bond donors (Lipinski definition) is 2. The van der Waals surface area contributed by atoms with Crippen LogP contribution in [0.15, 0.2) is 42.5 Å². The number of rotatable bonds is 6. The lowest BCUT2D eigenvalue weighted by Gasteiger charge is -2.18. The van der Waals surface area contributed by atoms with E-state index in [4.69, 9.17) is 10.5 Å². The maximum absolute atomic E-state index is 11.3. The number of carbonyl (C=O) groups excluding carboxylic acids is 1. The first-order valence-corrected chi connectivity index (χ1v) is 6.73. The Bertz CT molecular complexity index is 596. The molecule has 0 aliphatic rings. The Morgan fingerprint density at radius 2 is 1.90 bits per heavy atom. The molecule has 0 bridgehead atoms. The molecule has 0 radical (unpaired) electrons. The van der Waals surface area contributed by atoms with Crippen molar-refractivity contribution >= 4 is 16.7 Å². The molecule has 3 N–H and O–H groups in total. The van der Waals surface area contributed by atoms with Gasteiger partial charge in [-0.3, -0.25) is 4.79 Å². The largest absolute Gasteiger partial charge is 0.491 e. The van der Waals surface area contributed by atoms with Crippen LogP contribution in [0.4, 0.5) is 0 Å². The van der Waals surface area contributed by atoms with Crippen molar-refractivity contribution in [1.29, 1.82) is 0 Å². The second-order valence-corrected chi connectivity index (χ2v) is 5.10. The fourth-order valence-corrected chi connectivity index (χ4v) is 2.05. The molecule has 1 amide bonds. The summed E-state index contributed by atoms with van der Waals surface area (Å²) in [6, 6.07) is 13.6. The first-order chi connectivity index (χ1) is 9.56. The number of nitrogens with two attached hydrogens (primary N) is 1. The van der Waals surface area contributed by atoms with Crippen LogP contribution in [0, 0.1) is 0 Å². The topological polar surface area (TPSA) is 64.3 Å². The summed E-state index contributed by atoms with van der Waals surface area (Å²) in [7, 11) is 0. The van der Waals surface area contributed by atoms with E-state index in [2.05, 4.69) is 5.32 Å². The minimum atomic E-state index is -0.485. The van der Waals surface area contributed by atoms with Gasteiger partial charge in [0.25, 0.3) is 0 Å². The fraction of sp³-hybridized carbons (Fsp3) is 0.312. The van der Waals surface area contributed by atoms with Gasteiger partial charge in [-0.15, -0.1) is 0 Å². The summed E-state index contributed by atoms with van der Waals surface area (Å²) in [5.41, 5.74) is 5.36. The molecule has 0 heterocycles. The van der Waals surface area contributed by atoms with Crippen LogP contribution in [0.25, 0.3) is 10.8 Å². The van der Waals surface area contributed by atoms with Gasteiger partial charge in [0.2, 0.25) is 5.91 Å². The summed E-state index contributed by atoms with van der Waals surface area (Å²) in [6.07, 6.45) is 0. The van der Waals surface area contributed by atoms with E-state index in [1.165, 1.54) is 0 Å². The molecule has 0 saturated heterocycles. The van der Waals surface area contributed by atoms with Gasteiger partial charge in [-0.1, -0.05) is 44.2 Å². The van der Waals surface area contributed by atoms with Gasteiger partial charge in [-0.2, -0.15) is 0 Å². The zero-order chi connectivity index (χ0) is 14.5. The van der Waals surface area contributed by atoms with Gasteiger partial charge in [0, 0.05) is 6.04 Å². The molecule has 2 aromatic carbocycles. The number of carbonyl (C=O) groups is 1. The summed E-state index contributed by atoms with van der Waals surface area (Å²) in [5.74, 6) is 0.333. The lowest BCUT2D eigenvalue weighted by Crippen LogP contribution is -2.48. The second kappa shape index (κ2) is 6.39. The number of ether oxygens (including phenoxy) is 1. The standard InChI is InChI=1S/C16H20N2O2/c1-11(2)18-15(16(17)19)10-20-14-8-7-12-5-3-4-6-13(12)9-14/h3-9,11,15,18H,10H2,1-2H3,(H2,17,19). The van der Waals surface area contributed by atoms with E-state index in [0.29, 0.717) is 0 Å². The van der Waals surface area contributed by atoms with Crippen LogP contribution in [0.3, 0.4) is 0 Å². The van der Waals surface area contributed by atoms with Gasteiger partial charge in [-0.25, -0.2) is 0 Å². The van der Waals surface area contributed by atoms with Crippen LogP contribution in [0.1, 0.15) is 13.8 Å². The number of hydrogen-bond acceptors (Lipinski definition) is 3. The number of benzene rings is 2. The quantitative estimate of drug-likeness (QED) is 0.846. The van der Waals surface area contributed by atoms with Gasteiger partial charge in [-0.05, 0) is 22.9 Å². The molecular formula is C16H20N2O2. The predicted octanol–water partition coefficient (Wildman–Crippen LogP) is 2.07. The molecule has 1 unspecified atom stereocenters. The summed E-state index contributed by atoms with van der Waals surface area (Å²) in [4.78, 5) is 11.3. The Morgan fingerprint density at radius 1 is 1.20 bits per heavy atom. The molecule has 0 spiro atoms. The third kappa shape index (κ3) is 3.71. The highest BCUT2D eigenvalue weighted by Gasteiger charge is 2.16. The van der Waals surface area contributed by atoms with E-state index < -0.39 is 11.9 Å². The van der Waals surface area contributed by atoms with Crippen LogP contribution in [0.5, 0.6) is 5.75 Å². The maximum atomic E-state index is 11.3. The van der Waals surface area contributed by atoms with Crippen LogP contribution in [-0.2, 0) is 4.79 Å². The first kappa shape index (κ1) is 14.3. The van der Waals surface area contributed by atoms with E-state index >= 15 is 0 Å². The highest BCUT2D eigenvalue weighted by molar-refractivity contribution is 5.83. The molecule has 20 heavy (non-hydrogen) atoms. The van der Waals surface area contributed by atoms with Gasteiger partial charge < -0.3 is 15.8 Å². The average Bonchev–Trinajstić information content (AvgIpc) is 2.42. The SMILES string of the molecule is CC(C)NC(COc1ccc2ccccc2c1)C(N)=O. The van der Waals surface area contributed by atoms with Crippen molar-refractivity contribution in [2.45, 2.75) is 25.9 Å². The van der Waals surface area contributed by atoms with E-state index in [1.54, 1.807) is 0 Å². The summed E-state index contributed by atoms with van der Waals surface area (Å²) < 4.78 is 5.68. The predicted molar refractivity (Wildman–Crippen MR) is 80.7 cm³/mol. The van der Waals surface area contributed by atoms with Crippen LogP contribution in [-0.4, -0.2) is 24.6 Å². The molecule has 4 nitrogen and oxygen atoms in total. The molecule has 0 aliphatic carbocycles. The summed E-state index contributed by atoms with van der Waals surface area (Å²) >= 11 is 0. The number of fused-ring (bicyclic) bond motifs is 1. The minimum Gasteiger partial charge on any atom is -0.491 e. The van der Waals surface area contributed by atoms with Gasteiger partial charge in [0.15, 0.2) is 0 Å². The zero-order valence-electron chi connectivity index (χ0n) is 11.8.